The summed E-state index contributed by atoms with van der Waals surface area (Å²) >= 11 is 6.02. The fourth-order valence-electron chi connectivity index (χ4n) is 1.56. The molecule has 22 heavy (non-hydrogen) atoms. The largest absolute Gasteiger partial charge is 0.492 e. The number of aromatic nitrogens is 2. The van der Waals surface area contributed by atoms with E-state index in [-0.39, 0.29) is 17.3 Å². The molecule has 0 aliphatic carbocycles. The van der Waals surface area contributed by atoms with Crippen molar-refractivity contribution in [1.29, 1.82) is 0 Å². The zero-order valence-electron chi connectivity index (χ0n) is 11.7. The molecule has 0 saturated carbocycles. The van der Waals surface area contributed by atoms with E-state index in [9.17, 15) is 4.79 Å². The van der Waals surface area contributed by atoms with E-state index in [1.807, 2.05) is 6.92 Å². The number of halogens is 1. The Labute approximate surface area is 131 Å². The second-order valence-corrected chi connectivity index (χ2v) is 4.50. The zero-order chi connectivity index (χ0) is 16.1. The van der Waals surface area contributed by atoms with Crippen LogP contribution < -0.4 is 21.7 Å². The molecule has 116 valence electrons. The molecule has 0 amide bonds. The maximum atomic E-state index is 11.9. The number of hydrogen-bond donors (Lipinski definition) is 3. The SMILES string of the molecule is CCOc1ccc(NOC(=O)c2cnc(N)nc2N)cc1Cl. The molecular formula is C13H14ClN5O3. The molecule has 9 heteroatoms. The van der Waals surface area contributed by atoms with E-state index in [0.717, 1.165) is 0 Å². The van der Waals surface area contributed by atoms with Gasteiger partial charge >= 0.3 is 5.97 Å². The van der Waals surface area contributed by atoms with Crippen molar-refractivity contribution in [2.24, 2.45) is 0 Å². The fraction of sp³-hybridized carbons (Fsp3) is 0.154. The second kappa shape index (κ2) is 6.81. The van der Waals surface area contributed by atoms with Gasteiger partial charge in [-0.1, -0.05) is 11.6 Å². The van der Waals surface area contributed by atoms with Gasteiger partial charge in [0.05, 0.1) is 17.3 Å². The number of nitrogens with one attached hydrogen (secondary N) is 1. The predicted molar refractivity (Wildman–Crippen MR) is 82.5 cm³/mol. The third kappa shape index (κ3) is 3.67. The van der Waals surface area contributed by atoms with Crippen LogP contribution in [0.5, 0.6) is 5.75 Å². The Morgan fingerprint density at radius 3 is 2.82 bits per heavy atom. The monoisotopic (exact) mass is 323 g/mol. The van der Waals surface area contributed by atoms with Gasteiger partial charge < -0.3 is 21.0 Å². The molecule has 2 rings (SSSR count). The highest BCUT2D eigenvalue weighted by Gasteiger charge is 2.14. The Hall–Kier alpha value is -2.74. The quantitative estimate of drug-likeness (QED) is 0.712. The van der Waals surface area contributed by atoms with E-state index in [1.54, 1.807) is 18.2 Å². The van der Waals surface area contributed by atoms with Crippen LogP contribution in [0.15, 0.2) is 24.4 Å². The molecule has 0 aliphatic heterocycles. The molecule has 0 fully saturated rings. The van der Waals surface area contributed by atoms with Crippen LogP contribution in [0.1, 0.15) is 17.3 Å². The molecule has 0 aliphatic rings. The van der Waals surface area contributed by atoms with Gasteiger partial charge in [-0.25, -0.2) is 15.3 Å². The van der Waals surface area contributed by atoms with Crippen LogP contribution in [0.25, 0.3) is 0 Å². The van der Waals surface area contributed by atoms with E-state index in [4.69, 9.17) is 32.6 Å². The minimum Gasteiger partial charge on any atom is -0.492 e. The molecular weight excluding hydrogens is 310 g/mol. The molecule has 0 unspecified atom stereocenters. The van der Waals surface area contributed by atoms with Crippen LogP contribution >= 0.6 is 11.6 Å². The lowest BCUT2D eigenvalue weighted by Gasteiger charge is -2.10. The minimum atomic E-state index is -0.748. The summed E-state index contributed by atoms with van der Waals surface area (Å²) in [7, 11) is 0. The average molecular weight is 324 g/mol. The normalized spacial score (nSPS) is 10.1. The number of benzene rings is 1. The number of nitrogens with two attached hydrogens (primary N) is 2. The van der Waals surface area contributed by atoms with Gasteiger partial charge in [0, 0.05) is 6.20 Å². The molecule has 0 radical (unpaired) electrons. The highest BCUT2D eigenvalue weighted by molar-refractivity contribution is 6.32. The van der Waals surface area contributed by atoms with E-state index < -0.39 is 5.97 Å². The van der Waals surface area contributed by atoms with E-state index in [1.165, 1.54) is 6.20 Å². The van der Waals surface area contributed by atoms with Gasteiger partial charge in [0.15, 0.2) is 0 Å². The zero-order valence-corrected chi connectivity index (χ0v) is 12.4. The van der Waals surface area contributed by atoms with E-state index in [0.29, 0.717) is 23.1 Å². The number of anilines is 3. The van der Waals surface area contributed by atoms with Crippen LogP contribution in [0.2, 0.25) is 5.02 Å². The van der Waals surface area contributed by atoms with Crippen LogP contribution in [-0.2, 0) is 4.84 Å². The molecule has 1 aromatic heterocycles. The summed E-state index contributed by atoms with van der Waals surface area (Å²) in [5, 5.41) is 0.387. The van der Waals surface area contributed by atoms with Gasteiger partial charge in [0.25, 0.3) is 0 Å². The van der Waals surface area contributed by atoms with Gasteiger partial charge in [0.2, 0.25) is 5.95 Å². The van der Waals surface area contributed by atoms with Crippen LogP contribution in [-0.4, -0.2) is 22.5 Å². The van der Waals surface area contributed by atoms with Crippen molar-refractivity contribution in [1.82, 2.24) is 9.97 Å². The van der Waals surface area contributed by atoms with Gasteiger partial charge in [-0.15, -0.1) is 0 Å². The summed E-state index contributed by atoms with van der Waals surface area (Å²) in [5.74, 6) is -0.302. The van der Waals surface area contributed by atoms with Crippen molar-refractivity contribution < 1.29 is 14.4 Å². The molecule has 0 atom stereocenters. The summed E-state index contributed by atoms with van der Waals surface area (Å²) in [4.78, 5) is 24.1. The van der Waals surface area contributed by atoms with E-state index >= 15 is 0 Å². The first kappa shape index (κ1) is 15.6. The highest BCUT2D eigenvalue weighted by atomic mass is 35.5. The predicted octanol–water partition coefficient (Wildman–Crippen LogP) is 1.88. The standard InChI is InChI=1S/C13H14ClN5O3/c1-2-21-10-4-3-7(5-9(10)14)19-22-12(20)8-6-17-13(16)18-11(8)15/h3-6,19H,2H2,1H3,(H4,15,16,17,18). The molecule has 0 saturated heterocycles. The van der Waals surface area contributed by atoms with E-state index in [2.05, 4.69) is 15.4 Å². The Morgan fingerprint density at radius 1 is 1.41 bits per heavy atom. The lowest BCUT2D eigenvalue weighted by atomic mass is 10.3. The number of nitrogens with zero attached hydrogens (tertiary/aromatic N) is 2. The Morgan fingerprint density at radius 2 is 2.18 bits per heavy atom. The smallest absolute Gasteiger partial charge is 0.368 e. The van der Waals surface area contributed by atoms with Gasteiger partial charge in [-0.3, -0.25) is 0 Å². The lowest BCUT2D eigenvalue weighted by Crippen LogP contribution is -2.14. The van der Waals surface area contributed by atoms with Gasteiger partial charge in [-0.2, -0.15) is 4.98 Å². The number of rotatable bonds is 5. The molecule has 5 N–H and O–H groups in total. The van der Waals surface area contributed by atoms with Crippen molar-refractivity contribution in [3.05, 3.63) is 35.0 Å². The molecule has 1 heterocycles. The van der Waals surface area contributed by atoms with Crippen molar-refractivity contribution >= 4 is 35.0 Å². The molecule has 0 spiro atoms. The second-order valence-electron chi connectivity index (χ2n) is 4.10. The summed E-state index contributed by atoms with van der Waals surface area (Å²) in [6, 6.07) is 4.86. The summed E-state index contributed by atoms with van der Waals surface area (Å²) in [6.45, 7) is 2.35. The summed E-state index contributed by atoms with van der Waals surface area (Å²) in [6.07, 6.45) is 1.19. The molecule has 1 aromatic carbocycles. The highest BCUT2D eigenvalue weighted by Crippen LogP contribution is 2.27. The topological polar surface area (TPSA) is 125 Å². The lowest BCUT2D eigenvalue weighted by molar-refractivity contribution is 0.0597. The summed E-state index contributed by atoms with van der Waals surface area (Å²) < 4.78 is 5.30. The number of hydrogen-bond acceptors (Lipinski definition) is 8. The van der Waals surface area contributed by atoms with Crippen LogP contribution in [0.3, 0.4) is 0 Å². The molecule has 8 nitrogen and oxygen atoms in total. The van der Waals surface area contributed by atoms with Crippen molar-refractivity contribution in [3.63, 3.8) is 0 Å². The van der Waals surface area contributed by atoms with Gasteiger partial charge in [-0.05, 0) is 25.1 Å². The van der Waals surface area contributed by atoms with Crippen molar-refractivity contribution in [2.75, 3.05) is 23.6 Å². The molecule has 2 aromatic rings. The summed E-state index contributed by atoms with van der Waals surface area (Å²) in [5.41, 5.74) is 13.9. The first-order valence-electron chi connectivity index (χ1n) is 6.28. The maximum Gasteiger partial charge on any atom is 0.368 e. The number of carbonyl (C=O) groups is 1. The average Bonchev–Trinajstić information content (AvgIpc) is 2.47. The van der Waals surface area contributed by atoms with Crippen molar-refractivity contribution in [2.45, 2.75) is 6.92 Å². The Balaban J connectivity index is 2.03. The van der Waals surface area contributed by atoms with Gasteiger partial charge in [0.1, 0.15) is 17.1 Å². The van der Waals surface area contributed by atoms with Crippen molar-refractivity contribution in [3.8, 4) is 5.75 Å². The minimum absolute atomic E-state index is 0.00117. The van der Waals surface area contributed by atoms with Crippen LogP contribution in [0, 0.1) is 0 Å². The number of nitrogen functional groups attached to an aromatic ring is 2. The first-order chi connectivity index (χ1) is 10.5. The third-order valence-corrected chi connectivity index (χ3v) is 2.85. The number of carbonyl (C=O) groups excluding carboxylic acids is 1. The molecule has 0 bridgehead atoms. The Kier molecular flexibility index (Phi) is 4.84. The third-order valence-electron chi connectivity index (χ3n) is 2.55. The maximum absolute atomic E-state index is 11.9. The Bertz CT molecular complexity index is 695. The fourth-order valence-corrected chi connectivity index (χ4v) is 1.80. The number of ether oxygens (including phenoxy) is 1. The van der Waals surface area contributed by atoms with Crippen LogP contribution in [0.4, 0.5) is 17.5 Å². The first-order valence-corrected chi connectivity index (χ1v) is 6.66.